The van der Waals surface area contributed by atoms with Gasteiger partial charge < -0.3 is 15.4 Å². The summed E-state index contributed by atoms with van der Waals surface area (Å²) in [5, 5.41) is 9.00. The number of nitrogens with one attached hydrogen (secondary N) is 2. The van der Waals surface area contributed by atoms with E-state index in [9.17, 15) is 0 Å². The van der Waals surface area contributed by atoms with Crippen LogP contribution in [0, 0.1) is 0 Å². The second kappa shape index (κ2) is 8.19. The van der Waals surface area contributed by atoms with Gasteiger partial charge in [0.25, 0.3) is 0 Å². The first kappa shape index (κ1) is 19.8. The Labute approximate surface area is 187 Å². The summed E-state index contributed by atoms with van der Waals surface area (Å²) in [4.78, 5) is 0. The van der Waals surface area contributed by atoms with Gasteiger partial charge >= 0.3 is 0 Å². The maximum Gasteiger partial charge on any atom is 0.146 e. The van der Waals surface area contributed by atoms with Crippen LogP contribution in [0.25, 0.3) is 11.1 Å². The molecular weight excluding hydrogens is 427 g/mol. The number of hydrogen-bond donors (Lipinski definition) is 2. The van der Waals surface area contributed by atoms with Gasteiger partial charge in [-0.25, -0.2) is 0 Å². The van der Waals surface area contributed by atoms with Gasteiger partial charge in [-0.3, -0.25) is 0 Å². The molecule has 1 saturated heterocycles. The fourth-order valence-corrected chi connectivity index (χ4v) is 6.07. The Hall–Kier alpha value is -1.13. The maximum absolute atomic E-state index is 6.57. The zero-order valence-electron chi connectivity index (χ0n) is 16.2. The van der Waals surface area contributed by atoms with Crippen LogP contribution in [0.3, 0.4) is 0 Å². The lowest BCUT2D eigenvalue weighted by atomic mass is 9.88. The van der Waals surface area contributed by atoms with Gasteiger partial charge in [0.05, 0.1) is 15.7 Å². The summed E-state index contributed by atoms with van der Waals surface area (Å²) in [5.41, 5.74) is 4.17. The third-order valence-electron chi connectivity index (χ3n) is 6.47. The molecule has 2 aliphatic heterocycles. The fraction of sp³-hybridized carbons (Fsp3) is 0.478. The van der Waals surface area contributed by atoms with Crippen molar-refractivity contribution in [2.45, 2.75) is 56.6 Å². The number of piperidine rings is 1. The van der Waals surface area contributed by atoms with Crippen LogP contribution in [0.5, 0.6) is 5.75 Å². The topological polar surface area (TPSA) is 33.3 Å². The Balaban J connectivity index is 1.60. The lowest BCUT2D eigenvalue weighted by Gasteiger charge is -2.25. The fourth-order valence-electron chi connectivity index (χ4n) is 5.03. The summed E-state index contributed by atoms with van der Waals surface area (Å²) >= 11 is 19.3. The second-order valence-electron chi connectivity index (χ2n) is 8.42. The molecule has 0 bridgehead atoms. The normalized spacial score (nSPS) is 24.0. The van der Waals surface area contributed by atoms with Crippen molar-refractivity contribution in [2.75, 3.05) is 18.4 Å². The third-order valence-corrected chi connectivity index (χ3v) is 7.28. The van der Waals surface area contributed by atoms with Crippen molar-refractivity contribution < 1.29 is 4.74 Å². The summed E-state index contributed by atoms with van der Waals surface area (Å²) in [7, 11) is 0. The highest BCUT2D eigenvalue weighted by Gasteiger charge is 2.38. The largest absolute Gasteiger partial charge is 0.487 e. The molecule has 2 atom stereocenters. The molecule has 2 aromatic rings. The Morgan fingerprint density at radius 1 is 0.931 bits per heavy atom. The molecule has 0 spiro atoms. The van der Waals surface area contributed by atoms with E-state index in [0.29, 0.717) is 27.0 Å². The van der Waals surface area contributed by atoms with E-state index in [-0.39, 0.29) is 6.10 Å². The van der Waals surface area contributed by atoms with Gasteiger partial charge in [-0.05, 0) is 55.6 Å². The number of halogens is 3. The number of rotatable bonds is 3. The number of ether oxygens (including phenoxy) is 1. The first-order valence-electron chi connectivity index (χ1n) is 10.6. The standard InChI is InChI=1S/C23H25Cl3N2O/c24-14-10-18(25)22(19(26)11-14)13-8-16-17-12-27-7-6-21(17)29-23(16)20(9-13)28-15-4-2-1-3-5-15/h8-11,15,17,21,27-28H,1-7,12H2/t17?,21-/m0/s1. The molecule has 6 heteroatoms. The van der Waals surface area contributed by atoms with Gasteiger partial charge in [0.2, 0.25) is 0 Å². The summed E-state index contributed by atoms with van der Waals surface area (Å²) in [5.74, 6) is 1.37. The quantitative estimate of drug-likeness (QED) is 0.532. The van der Waals surface area contributed by atoms with Crippen molar-refractivity contribution >= 4 is 40.5 Å². The highest BCUT2D eigenvalue weighted by Crippen LogP contribution is 2.49. The van der Waals surface area contributed by atoms with E-state index in [0.717, 1.165) is 42.1 Å². The SMILES string of the molecule is Clc1cc(Cl)c(-c2cc(NC3CCCCC3)c3c(c2)C2CNCC[C@@H]2O3)c(Cl)c1. The minimum atomic E-state index is 0.240. The average molecular weight is 452 g/mol. The molecule has 0 amide bonds. The molecule has 2 N–H and O–H groups in total. The number of hydrogen-bond acceptors (Lipinski definition) is 3. The van der Waals surface area contributed by atoms with Crippen LogP contribution in [0.2, 0.25) is 15.1 Å². The third kappa shape index (κ3) is 3.83. The molecule has 1 saturated carbocycles. The van der Waals surface area contributed by atoms with Crippen LogP contribution >= 0.6 is 34.8 Å². The monoisotopic (exact) mass is 450 g/mol. The van der Waals surface area contributed by atoms with E-state index < -0.39 is 0 Å². The van der Waals surface area contributed by atoms with Gasteiger partial charge in [0.15, 0.2) is 0 Å². The number of benzene rings is 2. The highest BCUT2D eigenvalue weighted by molar-refractivity contribution is 6.41. The zero-order valence-corrected chi connectivity index (χ0v) is 18.5. The maximum atomic E-state index is 6.57. The van der Waals surface area contributed by atoms with Crippen molar-refractivity contribution in [3.05, 3.63) is 44.9 Å². The Morgan fingerprint density at radius 2 is 1.69 bits per heavy atom. The van der Waals surface area contributed by atoms with Gasteiger partial charge in [0.1, 0.15) is 11.9 Å². The smallest absolute Gasteiger partial charge is 0.146 e. The Bertz CT molecular complexity index is 904. The molecule has 2 heterocycles. The van der Waals surface area contributed by atoms with Crippen LogP contribution in [0.15, 0.2) is 24.3 Å². The lowest BCUT2D eigenvalue weighted by molar-refractivity contribution is 0.173. The molecule has 5 rings (SSSR count). The van der Waals surface area contributed by atoms with Gasteiger partial charge in [-0.2, -0.15) is 0 Å². The van der Waals surface area contributed by atoms with Crippen molar-refractivity contribution in [1.82, 2.24) is 5.32 Å². The van der Waals surface area contributed by atoms with Gasteiger partial charge in [-0.1, -0.05) is 54.1 Å². The molecule has 0 radical (unpaired) electrons. The predicted molar refractivity (Wildman–Crippen MR) is 122 cm³/mol. The van der Waals surface area contributed by atoms with Crippen LogP contribution < -0.4 is 15.4 Å². The van der Waals surface area contributed by atoms with Crippen molar-refractivity contribution in [2.24, 2.45) is 0 Å². The lowest BCUT2D eigenvalue weighted by Crippen LogP contribution is -2.37. The molecule has 0 aromatic heterocycles. The van der Waals surface area contributed by atoms with Crippen molar-refractivity contribution in [1.29, 1.82) is 0 Å². The molecule has 29 heavy (non-hydrogen) atoms. The molecule has 2 fully saturated rings. The summed E-state index contributed by atoms with van der Waals surface area (Å²) < 4.78 is 6.46. The van der Waals surface area contributed by atoms with Crippen LogP contribution in [-0.2, 0) is 0 Å². The molecular formula is C23H25Cl3N2O. The average Bonchev–Trinajstić information content (AvgIpc) is 3.07. The van der Waals surface area contributed by atoms with E-state index in [1.165, 1.54) is 37.7 Å². The molecule has 1 aliphatic carbocycles. The molecule has 1 unspecified atom stereocenters. The minimum absolute atomic E-state index is 0.240. The van der Waals surface area contributed by atoms with E-state index >= 15 is 0 Å². The molecule has 154 valence electrons. The predicted octanol–water partition coefficient (Wildman–Crippen LogP) is 6.90. The van der Waals surface area contributed by atoms with Crippen LogP contribution in [0.4, 0.5) is 5.69 Å². The summed E-state index contributed by atoms with van der Waals surface area (Å²) in [6, 6.07) is 8.36. The van der Waals surface area contributed by atoms with E-state index in [1.807, 2.05) is 0 Å². The van der Waals surface area contributed by atoms with Crippen LogP contribution in [-0.4, -0.2) is 25.2 Å². The molecule has 3 aliphatic rings. The number of fused-ring (bicyclic) bond motifs is 3. The minimum Gasteiger partial charge on any atom is -0.487 e. The number of anilines is 1. The van der Waals surface area contributed by atoms with Gasteiger partial charge in [-0.15, -0.1) is 0 Å². The summed E-state index contributed by atoms with van der Waals surface area (Å²) in [6.07, 6.45) is 7.57. The molecule has 2 aromatic carbocycles. The van der Waals surface area contributed by atoms with E-state index in [1.54, 1.807) is 12.1 Å². The second-order valence-corrected chi connectivity index (χ2v) is 9.67. The summed E-state index contributed by atoms with van der Waals surface area (Å²) in [6.45, 7) is 1.94. The Morgan fingerprint density at radius 3 is 2.45 bits per heavy atom. The van der Waals surface area contributed by atoms with Crippen molar-refractivity contribution in [3.63, 3.8) is 0 Å². The first-order valence-corrected chi connectivity index (χ1v) is 11.7. The van der Waals surface area contributed by atoms with E-state index in [2.05, 4.69) is 22.8 Å². The van der Waals surface area contributed by atoms with E-state index in [4.69, 9.17) is 39.5 Å². The van der Waals surface area contributed by atoms with Crippen molar-refractivity contribution in [3.8, 4) is 16.9 Å². The highest BCUT2D eigenvalue weighted by atomic mass is 35.5. The first-order chi connectivity index (χ1) is 14.1. The van der Waals surface area contributed by atoms with Crippen LogP contribution in [0.1, 0.15) is 50.0 Å². The zero-order chi connectivity index (χ0) is 20.0. The molecule has 3 nitrogen and oxygen atoms in total. The van der Waals surface area contributed by atoms with Gasteiger partial charge in [0, 0.05) is 34.7 Å². The Kier molecular flexibility index (Phi) is 5.59.